The summed E-state index contributed by atoms with van der Waals surface area (Å²) in [6.45, 7) is 9.42. The van der Waals surface area contributed by atoms with Gasteiger partial charge >= 0.3 is 0 Å². The number of rotatable bonds is 7. The van der Waals surface area contributed by atoms with E-state index in [4.69, 9.17) is 0 Å². The molecule has 1 aromatic carbocycles. The van der Waals surface area contributed by atoms with Crippen LogP contribution >= 0.6 is 24.0 Å². The molecular weight excluding hydrogens is 387 g/mol. The minimum atomic E-state index is 0. The maximum Gasteiger partial charge on any atom is 0.191 e. The van der Waals surface area contributed by atoms with Crippen molar-refractivity contribution in [1.82, 2.24) is 15.5 Å². The number of guanidine groups is 1. The first-order chi connectivity index (χ1) is 10.0. The molecule has 0 spiro atoms. The Morgan fingerprint density at radius 3 is 2.36 bits per heavy atom. The van der Waals surface area contributed by atoms with Crippen LogP contribution in [0.25, 0.3) is 0 Å². The number of likely N-dealkylation sites (N-methyl/N-ethyl adjacent to an activating group) is 1. The van der Waals surface area contributed by atoms with Crippen molar-refractivity contribution in [3.63, 3.8) is 0 Å². The molecule has 2 N–H and O–H groups in total. The van der Waals surface area contributed by atoms with Gasteiger partial charge in [0.05, 0.1) is 0 Å². The molecule has 0 aliphatic carbocycles. The van der Waals surface area contributed by atoms with Crippen LogP contribution in [0, 0.1) is 5.92 Å². The van der Waals surface area contributed by atoms with Gasteiger partial charge in [-0.1, -0.05) is 44.2 Å². The van der Waals surface area contributed by atoms with Crippen molar-refractivity contribution in [1.29, 1.82) is 0 Å². The van der Waals surface area contributed by atoms with E-state index in [1.165, 1.54) is 5.56 Å². The highest BCUT2D eigenvalue weighted by atomic mass is 127. The number of hydrogen-bond acceptors (Lipinski definition) is 2. The van der Waals surface area contributed by atoms with Crippen molar-refractivity contribution < 1.29 is 0 Å². The second-order valence-corrected chi connectivity index (χ2v) is 5.90. The first-order valence-electron chi connectivity index (χ1n) is 7.72. The number of nitrogens with zero attached hydrogens (tertiary/aromatic N) is 2. The van der Waals surface area contributed by atoms with Crippen molar-refractivity contribution in [2.45, 2.75) is 33.4 Å². The lowest BCUT2D eigenvalue weighted by atomic mass is 10.1. The highest BCUT2D eigenvalue weighted by Gasteiger charge is 2.08. The fourth-order valence-electron chi connectivity index (χ4n) is 1.92. The predicted molar refractivity (Wildman–Crippen MR) is 107 cm³/mol. The van der Waals surface area contributed by atoms with Gasteiger partial charge in [-0.05, 0) is 25.5 Å². The summed E-state index contributed by atoms with van der Waals surface area (Å²) in [6.07, 6.45) is 0. The maximum atomic E-state index is 4.27. The number of aliphatic imine (C=N–C) groups is 1. The van der Waals surface area contributed by atoms with E-state index in [9.17, 15) is 0 Å². The average Bonchev–Trinajstić information content (AvgIpc) is 2.46. The first-order valence-corrected chi connectivity index (χ1v) is 7.72. The largest absolute Gasteiger partial charge is 0.355 e. The van der Waals surface area contributed by atoms with Crippen LogP contribution in [0.4, 0.5) is 0 Å². The molecule has 4 nitrogen and oxygen atoms in total. The van der Waals surface area contributed by atoms with Gasteiger partial charge in [0.25, 0.3) is 0 Å². The van der Waals surface area contributed by atoms with Crippen LogP contribution in [0.1, 0.15) is 26.3 Å². The third-order valence-electron chi connectivity index (χ3n) is 3.67. The zero-order valence-electron chi connectivity index (χ0n) is 14.5. The van der Waals surface area contributed by atoms with Crippen molar-refractivity contribution in [3.8, 4) is 0 Å². The fourth-order valence-corrected chi connectivity index (χ4v) is 1.92. The summed E-state index contributed by atoms with van der Waals surface area (Å²) in [5, 5.41) is 6.78. The molecule has 0 aliphatic rings. The summed E-state index contributed by atoms with van der Waals surface area (Å²) in [5.74, 6) is 1.47. The minimum Gasteiger partial charge on any atom is -0.355 e. The van der Waals surface area contributed by atoms with Crippen LogP contribution < -0.4 is 10.6 Å². The second-order valence-electron chi connectivity index (χ2n) is 5.90. The lowest BCUT2D eigenvalue weighted by molar-refractivity contribution is 0.330. The Hall–Kier alpha value is -0.820. The van der Waals surface area contributed by atoms with E-state index in [0.717, 1.165) is 25.6 Å². The summed E-state index contributed by atoms with van der Waals surface area (Å²) in [5.41, 5.74) is 1.34. The Kier molecular flexibility index (Phi) is 11.3. The van der Waals surface area contributed by atoms with Gasteiger partial charge in [0, 0.05) is 32.7 Å². The first kappa shape index (κ1) is 21.2. The summed E-state index contributed by atoms with van der Waals surface area (Å²) in [4.78, 5) is 6.57. The van der Waals surface area contributed by atoms with Crippen molar-refractivity contribution in [3.05, 3.63) is 35.9 Å². The normalized spacial score (nSPS) is 13.0. The molecule has 126 valence electrons. The van der Waals surface area contributed by atoms with Crippen molar-refractivity contribution >= 4 is 29.9 Å². The maximum absolute atomic E-state index is 4.27. The zero-order chi connectivity index (χ0) is 15.7. The van der Waals surface area contributed by atoms with Gasteiger partial charge in [-0.25, -0.2) is 0 Å². The Morgan fingerprint density at radius 1 is 1.18 bits per heavy atom. The van der Waals surface area contributed by atoms with Crippen LogP contribution in [0.5, 0.6) is 0 Å². The molecule has 0 aromatic heterocycles. The molecule has 0 bridgehead atoms. The summed E-state index contributed by atoms with van der Waals surface area (Å²) in [7, 11) is 3.96. The molecule has 0 fully saturated rings. The third-order valence-corrected chi connectivity index (χ3v) is 3.67. The summed E-state index contributed by atoms with van der Waals surface area (Å²) < 4.78 is 0. The van der Waals surface area contributed by atoms with Gasteiger partial charge in [0.15, 0.2) is 5.96 Å². The fraction of sp³-hybridized carbons (Fsp3) is 0.588. The molecule has 0 heterocycles. The standard InChI is InChI=1S/C17H30N4.HI/c1-14(2)15(3)20-17(18-4)19-11-12-21(5)13-16-9-7-6-8-10-16;/h6-10,14-15H,11-13H2,1-5H3,(H2,18,19,20);1H. The van der Waals surface area contributed by atoms with E-state index in [2.05, 4.69) is 78.7 Å². The van der Waals surface area contributed by atoms with Gasteiger partial charge < -0.3 is 15.5 Å². The molecule has 0 saturated carbocycles. The van der Waals surface area contributed by atoms with Crippen LogP contribution in [0.3, 0.4) is 0 Å². The van der Waals surface area contributed by atoms with E-state index in [1.54, 1.807) is 0 Å². The highest BCUT2D eigenvalue weighted by molar-refractivity contribution is 14.0. The third kappa shape index (κ3) is 8.58. The number of hydrogen-bond donors (Lipinski definition) is 2. The molecule has 5 heteroatoms. The monoisotopic (exact) mass is 418 g/mol. The molecule has 0 aliphatic heterocycles. The zero-order valence-corrected chi connectivity index (χ0v) is 16.8. The van der Waals surface area contributed by atoms with E-state index in [-0.39, 0.29) is 24.0 Å². The topological polar surface area (TPSA) is 39.7 Å². The number of nitrogens with one attached hydrogen (secondary N) is 2. The molecular formula is C17H31IN4. The van der Waals surface area contributed by atoms with Crippen molar-refractivity contribution in [2.24, 2.45) is 10.9 Å². The Labute approximate surface area is 152 Å². The Morgan fingerprint density at radius 2 is 1.82 bits per heavy atom. The van der Waals surface area contributed by atoms with Crippen LogP contribution in [-0.4, -0.2) is 44.1 Å². The smallest absolute Gasteiger partial charge is 0.191 e. The Balaban J connectivity index is 0.00000441. The number of benzene rings is 1. The number of halogens is 1. The van der Waals surface area contributed by atoms with Crippen LogP contribution in [0.15, 0.2) is 35.3 Å². The highest BCUT2D eigenvalue weighted by Crippen LogP contribution is 2.02. The molecule has 22 heavy (non-hydrogen) atoms. The Bertz CT molecular complexity index is 420. The van der Waals surface area contributed by atoms with Crippen molar-refractivity contribution in [2.75, 3.05) is 27.2 Å². The summed E-state index contributed by atoms with van der Waals surface area (Å²) >= 11 is 0. The van der Waals surface area contributed by atoms with Gasteiger partial charge in [0.1, 0.15) is 0 Å². The van der Waals surface area contributed by atoms with E-state index < -0.39 is 0 Å². The van der Waals surface area contributed by atoms with Gasteiger partial charge in [-0.3, -0.25) is 4.99 Å². The van der Waals surface area contributed by atoms with Gasteiger partial charge in [-0.2, -0.15) is 0 Å². The van der Waals surface area contributed by atoms with Crippen LogP contribution in [-0.2, 0) is 6.54 Å². The predicted octanol–water partition coefficient (Wildman–Crippen LogP) is 2.95. The molecule has 0 amide bonds. The van der Waals surface area contributed by atoms with Crippen LogP contribution in [0.2, 0.25) is 0 Å². The molecule has 1 rings (SSSR count). The molecule has 1 aromatic rings. The lowest BCUT2D eigenvalue weighted by Gasteiger charge is -2.22. The van der Waals surface area contributed by atoms with E-state index in [1.807, 2.05) is 7.05 Å². The van der Waals surface area contributed by atoms with E-state index in [0.29, 0.717) is 12.0 Å². The van der Waals surface area contributed by atoms with Gasteiger partial charge in [-0.15, -0.1) is 24.0 Å². The quantitative estimate of drug-likeness (QED) is 0.407. The van der Waals surface area contributed by atoms with E-state index >= 15 is 0 Å². The minimum absolute atomic E-state index is 0. The van der Waals surface area contributed by atoms with Gasteiger partial charge in [0.2, 0.25) is 0 Å². The SMILES string of the molecule is CN=C(NCCN(C)Cc1ccccc1)NC(C)C(C)C.I. The molecule has 1 atom stereocenters. The lowest BCUT2D eigenvalue weighted by Crippen LogP contribution is -2.46. The molecule has 1 unspecified atom stereocenters. The summed E-state index contributed by atoms with van der Waals surface area (Å²) in [6, 6.07) is 11.0. The molecule has 0 saturated heterocycles. The second kappa shape index (κ2) is 11.7. The average molecular weight is 418 g/mol. The molecule has 0 radical (unpaired) electrons.